The van der Waals surface area contributed by atoms with Crippen molar-refractivity contribution in [3.05, 3.63) is 60.7 Å². The van der Waals surface area contributed by atoms with Crippen molar-refractivity contribution in [1.29, 1.82) is 0 Å². The molecule has 0 saturated heterocycles. The molecule has 44 heavy (non-hydrogen) atoms. The van der Waals surface area contributed by atoms with Crippen LogP contribution in [0.1, 0.15) is 0 Å². The van der Waals surface area contributed by atoms with Crippen LogP contribution in [-0.4, -0.2) is 57.0 Å². The SMILES string of the molecule is Nc1c(N=Nc2ccccc2S(=O)(=O)O)c(S(=O)(=O)O)cc2cc(S(=O)(=O)O)c(N=Nc3cccc(S(=O)(=O)O)c3)c(O)c12. The maximum Gasteiger partial charge on any atom is 0.296 e. The minimum Gasteiger partial charge on any atom is -0.505 e. The lowest BCUT2D eigenvalue weighted by molar-refractivity contribution is 0.472. The Morgan fingerprint density at radius 3 is 1.68 bits per heavy atom. The smallest absolute Gasteiger partial charge is 0.296 e. The first-order valence-corrected chi connectivity index (χ1v) is 17.0. The maximum absolute atomic E-state index is 12.2. The number of nitrogen functional groups attached to an aromatic ring is 1. The topological polar surface area (TPSA) is 313 Å². The van der Waals surface area contributed by atoms with Gasteiger partial charge < -0.3 is 10.8 Å². The second-order valence-electron chi connectivity index (χ2n) is 8.57. The molecule has 0 amide bonds. The summed E-state index contributed by atoms with van der Waals surface area (Å²) in [5.74, 6) is -1.13. The molecule has 0 unspecified atom stereocenters. The van der Waals surface area contributed by atoms with Crippen molar-refractivity contribution in [3.8, 4) is 5.75 Å². The predicted octanol–water partition coefficient (Wildman–Crippen LogP) is 3.95. The molecule has 0 aliphatic rings. The lowest BCUT2D eigenvalue weighted by atomic mass is 10.1. The number of benzene rings is 4. The fourth-order valence-electron chi connectivity index (χ4n) is 3.78. The molecule has 0 bridgehead atoms. The highest BCUT2D eigenvalue weighted by molar-refractivity contribution is 7.86. The van der Waals surface area contributed by atoms with Crippen LogP contribution >= 0.6 is 0 Å². The Morgan fingerprint density at radius 2 is 1.11 bits per heavy atom. The van der Waals surface area contributed by atoms with Gasteiger partial charge in [-0.25, -0.2) is 0 Å². The van der Waals surface area contributed by atoms with Gasteiger partial charge in [0.05, 0.1) is 21.7 Å². The molecule has 4 rings (SSSR count). The van der Waals surface area contributed by atoms with E-state index in [-0.39, 0.29) is 5.69 Å². The van der Waals surface area contributed by atoms with Gasteiger partial charge in [0.15, 0.2) is 5.75 Å². The Balaban J connectivity index is 2.04. The second-order valence-corrected chi connectivity index (χ2v) is 14.2. The van der Waals surface area contributed by atoms with Crippen molar-refractivity contribution >= 4 is 79.7 Å². The van der Waals surface area contributed by atoms with Crippen LogP contribution in [0.2, 0.25) is 0 Å². The van der Waals surface area contributed by atoms with Gasteiger partial charge >= 0.3 is 0 Å². The zero-order chi connectivity index (χ0) is 32.8. The Labute approximate surface area is 248 Å². The third-order valence-electron chi connectivity index (χ3n) is 5.65. The van der Waals surface area contributed by atoms with Gasteiger partial charge in [-0.2, -0.15) is 38.8 Å². The summed E-state index contributed by atoms with van der Waals surface area (Å²) in [6, 6.07) is 9.93. The highest BCUT2D eigenvalue weighted by Gasteiger charge is 2.28. The van der Waals surface area contributed by atoms with E-state index >= 15 is 0 Å². The summed E-state index contributed by atoms with van der Waals surface area (Å²) in [5.41, 5.74) is 2.69. The minimum atomic E-state index is -5.24. The van der Waals surface area contributed by atoms with E-state index in [0.29, 0.717) is 12.1 Å². The molecule has 0 aliphatic heterocycles. The van der Waals surface area contributed by atoms with Gasteiger partial charge in [0, 0.05) is 0 Å². The monoisotopic (exact) mass is 687 g/mol. The number of phenolic OH excluding ortho intramolecular Hbond substituents is 1. The molecular weight excluding hydrogens is 671 g/mol. The number of fused-ring (bicyclic) bond motifs is 1. The zero-order valence-corrected chi connectivity index (χ0v) is 24.5. The van der Waals surface area contributed by atoms with Crippen LogP contribution in [0.5, 0.6) is 5.75 Å². The fraction of sp³-hybridized carbons (Fsp3) is 0. The first-order chi connectivity index (χ1) is 20.2. The molecule has 232 valence electrons. The van der Waals surface area contributed by atoms with Crippen molar-refractivity contribution in [2.75, 3.05) is 5.73 Å². The standard InChI is InChI=1S/C22H17N5O13S4/c23-19-18-11(8-16(43(35,36)37)20(19)26-25-14-6-1-2-7-15(14)42(32,33)34)9-17(44(38,39)40)21(22(18)28)27-24-12-4-3-5-13(10-12)41(29,30)31/h1-10,28H,23H2,(H,29,30,31)(H,32,33,34)(H,35,36,37)(H,38,39,40). The molecular formula is C22H17N5O13S4. The van der Waals surface area contributed by atoms with Crippen molar-refractivity contribution in [3.63, 3.8) is 0 Å². The Kier molecular flexibility index (Phi) is 8.31. The third kappa shape index (κ3) is 6.71. The molecule has 22 heteroatoms. The van der Waals surface area contributed by atoms with Crippen LogP contribution in [0.15, 0.2) is 101 Å². The fourth-order valence-corrected chi connectivity index (χ4v) is 6.25. The molecule has 0 spiro atoms. The lowest BCUT2D eigenvalue weighted by Gasteiger charge is -2.14. The van der Waals surface area contributed by atoms with Crippen LogP contribution < -0.4 is 5.73 Å². The van der Waals surface area contributed by atoms with E-state index in [1.165, 1.54) is 18.2 Å². The number of aromatic hydroxyl groups is 1. The van der Waals surface area contributed by atoms with E-state index in [9.17, 15) is 57.0 Å². The van der Waals surface area contributed by atoms with Crippen molar-refractivity contribution in [1.82, 2.24) is 0 Å². The molecule has 0 saturated carbocycles. The maximum atomic E-state index is 12.2. The van der Waals surface area contributed by atoms with E-state index in [4.69, 9.17) is 5.73 Å². The molecule has 7 N–H and O–H groups in total. The summed E-state index contributed by atoms with van der Waals surface area (Å²) >= 11 is 0. The van der Waals surface area contributed by atoms with Gasteiger partial charge in [-0.3, -0.25) is 18.2 Å². The van der Waals surface area contributed by atoms with Crippen molar-refractivity contribution in [2.24, 2.45) is 20.5 Å². The normalized spacial score (nSPS) is 13.3. The van der Waals surface area contributed by atoms with Crippen molar-refractivity contribution < 1.29 is 57.0 Å². The molecule has 0 fully saturated rings. The number of anilines is 1. The number of rotatable bonds is 8. The van der Waals surface area contributed by atoms with Gasteiger partial charge in [0.25, 0.3) is 40.5 Å². The quantitative estimate of drug-likeness (QED) is 0.0868. The van der Waals surface area contributed by atoms with Crippen LogP contribution in [0.3, 0.4) is 0 Å². The van der Waals surface area contributed by atoms with Crippen LogP contribution in [0.4, 0.5) is 28.4 Å². The molecule has 0 atom stereocenters. The lowest BCUT2D eigenvalue weighted by Crippen LogP contribution is -2.04. The van der Waals surface area contributed by atoms with Gasteiger partial charge in [0.1, 0.15) is 31.7 Å². The first kappa shape index (κ1) is 32.5. The molecule has 0 radical (unpaired) electrons. The molecule has 4 aromatic rings. The number of azo groups is 2. The summed E-state index contributed by atoms with van der Waals surface area (Å²) in [6.45, 7) is 0. The summed E-state index contributed by atoms with van der Waals surface area (Å²) in [5, 5.41) is 24.4. The number of hydrogen-bond donors (Lipinski definition) is 6. The highest BCUT2D eigenvalue weighted by Crippen LogP contribution is 2.48. The van der Waals surface area contributed by atoms with Gasteiger partial charge in [-0.1, -0.05) is 18.2 Å². The molecule has 18 nitrogen and oxygen atoms in total. The third-order valence-corrected chi connectivity index (χ3v) is 9.14. The average molecular weight is 688 g/mol. The summed E-state index contributed by atoms with van der Waals surface area (Å²) in [7, 11) is -20.0. The largest absolute Gasteiger partial charge is 0.505 e. The van der Waals surface area contributed by atoms with Gasteiger partial charge in [-0.15, -0.1) is 15.3 Å². The average Bonchev–Trinajstić information content (AvgIpc) is 2.89. The second kappa shape index (κ2) is 11.3. The molecule has 0 heterocycles. The van der Waals surface area contributed by atoms with Gasteiger partial charge in [0.2, 0.25) is 0 Å². The number of hydrogen-bond acceptors (Lipinski definition) is 14. The Bertz CT molecular complexity index is 2360. The molecule has 0 aliphatic carbocycles. The molecule has 0 aromatic heterocycles. The first-order valence-electron chi connectivity index (χ1n) is 11.2. The van der Waals surface area contributed by atoms with Crippen LogP contribution in [-0.2, 0) is 40.5 Å². The van der Waals surface area contributed by atoms with Crippen LogP contribution in [0.25, 0.3) is 10.8 Å². The van der Waals surface area contributed by atoms with E-state index < -0.39 is 99.3 Å². The van der Waals surface area contributed by atoms with Crippen LogP contribution in [0, 0.1) is 0 Å². The molecule has 4 aromatic carbocycles. The van der Waals surface area contributed by atoms with Gasteiger partial charge in [-0.05, 0) is 47.9 Å². The zero-order valence-electron chi connectivity index (χ0n) is 21.3. The number of phenols is 1. The Hall–Kier alpha value is -4.42. The summed E-state index contributed by atoms with van der Waals surface area (Å²) in [6.07, 6.45) is 0. The summed E-state index contributed by atoms with van der Waals surface area (Å²) in [4.78, 5) is -3.57. The highest BCUT2D eigenvalue weighted by atomic mass is 32.2. The van der Waals surface area contributed by atoms with E-state index in [0.717, 1.165) is 30.3 Å². The van der Waals surface area contributed by atoms with E-state index in [2.05, 4.69) is 20.5 Å². The minimum absolute atomic E-state index is 0.275. The predicted molar refractivity (Wildman–Crippen MR) is 151 cm³/mol. The Morgan fingerprint density at radius 1 is 0.568 bits per heavy atom. The van der Waals surface area contributed by atoms with E-state index in [1.807, 2.05) is 0 Å². The van der Waals surface area contributed by atoms with Crippen molar-refractivity contribution in [2.45, 2.75) is 19.6 Å². The number of nitrogens with zero attached hydrogens (tertiary/aromatic N) is 4. The summed E-state index contributed by atoms with van der Waals surface area (Å²) < 4.78 is 133. The van der Waals surface area contributed by atoms with E-state index in [1.54, 1.807) is 0 Å². The number of nitrogens with two attached hydrogens (primary N) is 1.